The van der Waals surface area contributed by atoms with Crippen molar-refractivity contribution in [3.63, 3.8) is 0 Å². The third-order valence-corrected chi connectivity index (χ3v) is 5.37. The molecule has 0 aliphatic rings. The summed E-state index contributed by atoms with van der Waals surface area (Å²) in [6.45, 7) is 1.34. The molecule has 0 spiro atoms. The highest BCUT2D eigenvalue weighted by Crippen LogP contribution is 2.51. The molecule has 0 N–H and O–H groups in total. The van der Waals surface area contributed by atoms with Gasteiger partial charge in [-0.1, -0.05) is 26.0 Å². The number of rotatable bonds is 21. The Kier molecular flexibility index (Phi) is 18.4. The molecule has 0 rings (SSSR count). The van der Waals surface area contributed by atoms with Gasteiger partial charge in [0.15, 0.2) is 29.4 Å². The van der Waals surface area contributed by atoms with Crippen LogP contribution in [0.4, 0.5) is 65.9 Å². The van der Waals surface area contributed by atoms with Gasteiger partial charge < -0.3 is 18.9 Å². The number of carbonyl (C=O) groups is 2. The lowest BCUT2D eigenvalue weighted by Crippen LogP contribution is -2.56. The van der Waals surface area contributed by atoms with Crippen LogP contribution in [0.3, 0.4) is 0 Å². The molecule has 0 saturated heterocycles. The van der Waals surface area contributed by atoms with Gasteiger partial charge in [0.1, 0.15) is 13.3 Å². The topological polar surface area (TPSA) is 71.1 Å². The van der Waals surface area contributed by atoms with E-state index in [-0.39, 0.29) is 32.5 Å². The van der Waals surface area contributed by atoms with E-state index in [0.717, 1.165) is 12.2 Å². The van der Waals surface area contributed by atoms with Gasteiger partial charge in [-0.2, -0.15) is 26.3 Å². The van der Waals surface area contributed by atoms with Crippen LogP contribution < -0.4 is 0 Å². The number of halogens is 15. The van der Waals surface area contributed by atoms with Gasteiger partial charge in [0.25, 0.3) is 0 Å². The highest BCUT2D eigenvalue weighted by molar-refractivity contribution is 5.82. The molecule has 0 aliphatic carbocycles. The molecule has 21 heteroatoms. The number of esters is 2. The monoisotopic (exact) mass is 730 g/mol. The van der Waals surface area contributed by atoms with Crippen molar-refractivity contribution in [1.82, 2.24) is 0 Å². The van der Waals surface area contributed by atoms with Crippen molar-refractivity contribution in [1.29, 1.82) is 0 Å². The van der Waals surface area contributed by atoms with Gasteiger partial charge >= 0.3 is 29.9 Å². The van der Waals surface area contributed by atoms with Crippen molar-refractivity contribution >= 4 is 11.9 Å². The summed E-state index contributed by atoms with van der Waals surface area (Å²) >= 11 is 0. The average Bonchev–Trinajstić information content (AvgIpc) is 3.05. The summed E-state index contributed by atoms with van der Waals surface area (Å²) in [6.07, 6.45) is -7.39. The Morgan fingerprint density at radius 1 is 0.646 bits per heavy atom. The average molecular weight is 730 g/mol. The van der Waals surface area contributed by atoms with E-state index in [0.29, 0.717) is 0 Å². The minimum absolute atomic E-state index is 0.0152. The third-order valence-electron chi connectivity index (χ3n) is 5.37. The van der Waals surface area contributed by atoms with Crippen molar-refractivity contribution in [3.8, 4) is 0 Å². The Hall–Kier alpha value is -3.75. The molecule has 0 aromatic heterocycles. The molecule has 0 radical (unpaired) electrons. The Balaban J connectivity index is 5.68. The van der Waals surface area contributed by atoms with E-state index in [1.165, 1.54) is 0 Å². The van der Waals surface area contributed by atoms with Crippen molar-refractivity contribution in [2.45, 2.75) is 49.7 Å². The first-order valence-corrected chi connectivity index (χ1v) is 12.9. The molecule has 0 aromatic carbocycles. The zero-order chi connectivity index (χ0) is 37.5. The number of unbranched alkanes of at least 4 members (excludes halogenated alkanes) is 3. The fourth-order valence-corrected chi connectivity index (χ4v) is 2.92. The molecule has 0 amide bonds. The Morgan fingerprint density at radius 2 is 1.12 bits per heavy atom. The molecule has 2 unspecified atom stereocenters. The normalized spacial score (nSPS) is 16.4. The molecule has 0 bridgehead atoms. The second-order valence-corrected chi connectivity index (χ2v) is 8.84. The number of allylic oxidation sites excluding steroid dienone is 7. The maximum absolute atomic E-state index is 14.9. The highest BCUT2D eigenvalue weighted by Gasteiger charge is 2.75. The molecule has 0 aliphatic heterocycles. The van der Waals surface area contributed by atoms with E-state index in [1.807, 2.05) is 0 Å². The molecule has 0 fully saturated rings. The number of hydrogen-bond acceptors (Lipinski definition) is 6. The maximum atomic E-state index is 14.9. The van der Waals surface area contributed by atoms with Crippen molar-refractivity contribution < 1.29 is 94.4 Å². The van der Waals surface area contributed by atoms with E-state index >= 15 is 0 Å². The molecule has 2 atom stereocenters. The van der Waals surface area contributed by atoms with Crippen LogP contribution in [0.5, 0.6) is 0 Å². The fourth-order valence-electron chi connectivity index (χ4n) is 2.92. The first-order valence-electron chi connectivity index (χ1n) is 12.9. The molecular weight excluding hydrogens is 705 g/mol. The SMILES string of the molecule is C=CC(=O)OCC(COCCCCCCOC(F)(/C(F)=C(F)/C(F)=C(F)/C(F)=C(F)/C(F)=C(\F)CF)C(F)(F)C(F)(F)F)OC(=O)C=C. The zero-order valence-electron chi connectivity index (χ0n) is 24.1. The van der Waals surface area contributed by atoms with E-state index in [9.17, 15) is 75.4 Å². The molecule has 6 nitrogen and oxygen atoms in total. The van der Waals surface area contributed by atoms with E-state index < -0.39 is 109 Å². The van der Waals surface area contributed by atoms with Crippen molar-refractivity contribution in [2.24, 2.45) is 0 Å². The Morgan fingerprint density at radius 3 is 1.60 bits per heavy atom. The van der Waals surface area contributed by atoms with Gasteiger partial charge in [-0.3, -0.25) is 0 Å². The van der Waals surface area contributed by atoms with Gasteiger partial charge in [-0.15, -0.1) is 0 Å². The minimum Gasteiger partial charge on any atom is -0.458 e. The highest BCUT2D eigenvalue weighted by atomic mass is 19.4. The molecule has 48 heavy (non-hydrogen) atoms. The molecular formula is C27H25F15O6. The largest absolute Gasteiger partial charge is 0.460 e. The summed E-state index contributed by atoms with van der Waals surface area (Å²) in [5.41, 5.74) is 0. The van der Waals surface area contributed by atoms with Gasteiger partial charge in [0.2, 0.25) is 23.3 Å². The second kappa shape index (κ2) is 19.9. The van der Waals surface area contributed by atoms with E-state index in [2.05, 4.69) is 17.9 Å². The zero-order valence-corrected chi connectivity index (χ0v) is 24.1. The van der Waals surface area contributed by atoms with Gasteiger partial charge in [-0.25, -0.2) is 49.1 Å². The Bertz CT molecular complexity index is 1270. The number of carbonyl (C=O) groups excluding carboxylic acids is 2. The lowest BCUT2D eigenvalue weighted by Gasteiger charge is -2.33. The number of hydrogen-bond donors (Lipinski definition) is 0. The summed E-state index contributed by atoms with van der Waals surface area (Å²) in [4.78, 5) is 22.5. The summed E-state index contributed by atoms with van der Waals surface area (Å²) in [7, 11) is 0. The van der Waals surface area contributed by atoms with Crippen LogP contribution in [0, 0.1) is 0 Å². The molecule has 0 aromatic rings. The predicted octanol–water partition coefficient (Wildman–Crippen LogP) is 8.84. The number of ether oxygens (including phenoxy) is 4. The number of alkyl halides is 7. The summed E-state index contributed by atoms with van der Waals surface area (Å²) in [5.74, 6) is -43.7. The third kappa shape index (κ3) is 12.4. The first-order chi connectivity index (χ1) is 22.1. The quantitative estimate of drug-likeness (QED) is 0.0387. The standard InChI is InChI=1S/C27H25F15O6/c1-3-16(43)46-13-14(48-17(44)4-2)12-45-9-7-5-6-8-10-47-25(37,26(38,39)27(40,41)42)24(36)23(35)22(34)21(33)20(32)19(31)18(30)15(29)11-28/h3-4,14H,1-2,5-13H2/b18-15+,20-19+,22-21+,24-23+. The van der Waals surface area contributed by atoms with Crippen LogP contribution in [-0.2, 0) is 28.5 Å². The van der Waals surface area contributed by atoms with Gasteiger partial charge in [0, 0.05) is 18.8 Å². The lowest BCUT2D eigenvalue weighted by atomic mass is 10.1. The maximum Gasteiger partial charge on any atom is 0.460 e. The van der Waals surface area contributed by atoms with E-state index in [4.69, 9.17) is 14.2 Å². The lowest BCUT2D eigenvalue weighted by molar-refractivity contribution is -0.375. The van der Waals surface area contributed by atoms with E-state index in [1.54, 1.807) is 0 Å². The second-order valence-electron chi connectivity index (χ2n) is 8.84. The molecule has 0 heterocycles. The van der Waals surface area contributed by atoms with Gasteiger partial charge in [0.05, 0.1) is 13.2 Å². The summed E-state index contributed by atoms with van der Waals surface area (Å²) in [5, 5.41) is 0. The minimum atomic E-state index is -7.09. The summed E-state index contributed by atoms with van der Waals surface area (Å²) in [6, 6.07) is 0. The summed E-state index contributed by atoms with van der Waals surface area (Å²) < 4.78 is 220. The predicted molar refractivity (Wildman–Crippen MR) is 134 cm³/mol. The van der Waals surface area contributed by atoms with Crippen LogP contribution in [0.15, 0.2) is 71.9 Å². The first kappa shape index (κ1) is 44.2. The van der Waals surface area contributed by atoms with Crippen LogP contribution in [0.25, 0.3) is 0 Å². The van der Waals surface area contributed by atoms with Crippen LogP contribution in [0.2, 0.25) is 0 Å². The van der Waals surface area contributed by atoms with Crippen molar-refractivity contribution in [2.75, 3.05) is 33.1 Å². The van der Waals surface area contributed by atoms with Crippen LogP contribution >= 0.6 is 0 Å². The Labute approximate surface area is 261 Å². The van der Waals surface area contributed by atoms with Crippen LogP contribution in [0.1, 0.15) is 25.7 Å². The fraction of sp³-hybridized carbons (Fsp3) is 0.481. The molecule has 274 valence electrons. The smallest absolute Gasteiger partial charge is 0.458 e. The van der Waals surface area contributed by atoms with Crippen LogP contribution in [-0.4, -0.2) is 69.1 Å². The molecule has 0 saturated carbocycles. The van der Waals surface area contributed by atoms with Gasteiger partial charge in [-0.05, 0) is 12.8 Å². The van der Waals surface area contributed by atoms with Crippen molar-refractivity contribution in [3.05, 3.63) is 71.9 Å².